The average molecular weight is 450 g/mol. The van der Waals surface area contributed by atoms with Crippen molar-refractivity contribution in [3.8, 4) is 0 Å². The maximum atomic E-state index is 13.3. The number of aromatic nitrogens is 1. The summed E-state index contributed by atoms with van der Waals surface area (Å²) < 4.78 is 23.7. The second-order valence-electron chi connectivity index (χ2n) is 7.37. The molecule has 9 nitrogen and oxygen atoms in total. The van der Waals surface area contributed by atoms with Gasteiger partial charge in [-0.15, -0.1) is 0 Å². The number of esters is 1. The van der Waals surface area contributed by atoms with Crippen LogP contribution in [0.4, 0.5) is 4.39 Å². The molecule has 174 valence electrons. The number of fused-ring (bicyclic) bond motifs is 1. The number of ether oxygens (including phenoxy) is 1. The number of piperidine rings is 1. The molecule has 1 atom stereocenters. The van der Waals surface area contributed by atoms with E-state index in [0.29, 0.717) is 24.3 Å². The molecule has 2 N–H and O–H groups in total. The summed E-state index contributed by atoms with van der Waals surface area (Å²) in [7, 11) is 0. The third-order valence-electron chi connectivity index (χ3n) is 5.08. The van der Waals surface area contributed by atoms with Crippen LogP contribution in [0.3, 0.4) is 0 Å². The van der Waals surface area contributed by atoms with Crippen molar-refractivity contribution in [2.45, 2.75) is 45.1 Å². The molecular weight excluding hydrogens is 423 g/mol. The molecule has 10 heteroatoms. The number of carboxylic acids is 2. The van der Waals surface area contributed by atoms with Gasteiger partial charge in [-0.3, -0.25) is 9.69 Å². The summed E-state index contributed by atoms with van der Waals surface area (Å²) in [5, 5.41) is 20.7. The summed E-state index contributed by atoms with van der Waals surface area (Å²) in [6.45, 7) is 5.97. The summed E-state index contributed by atoms with van der Waals surface area (Å²) in [5.74, 6) is -2.72. The van der Waals surface area contributed by atoms with Crippen LogP contribution in [0.15, 0.2) is 34.9 Å². The van der Waals surface area contributed by atoms with Crippen molar-refractivity contribution in [2.24, 2.45) is 0 Å². The monoisotopic (exact) mass is 450 g/mol. The summed E-state index contributed by atoms with van der Waals surface area (Å²) in [6, 6.07) is 4.31. The van der Waals surface area contributed by atoms with Crippen LogP contribution < -0.4 is 0 Å². The Balaban J connectivity index is 0.000000390. The van der Waals surface area contributed by atoms with Crippen molar-refractivity contribution in [2.75, 3.05) is 19.7 Å². The van der Waals surface area contributed by atoms with E-state index in [4.69, 9.17) is 19.5 Å². The molecule has 1 aliphatic heterocycles. The average Bonchev–Trinajstić information content (AvgIpc) is 3.19. The van der Waals surface area contributed by atoms with E-state index in [-0.39, 0.29) is 23.7 Å². The molecule has 2 aromatic rings. The predicted octanol–water partition coefficient (Wildman–Crippen LogP) is 3.20. The van der Waals surface area contributed by atoms with Gasteiger partial charge in [0.1, 0.15) is 11.9 Å². The number of aliphatic carboxylic acids is 2. The van der Waals surface area contributed by atoms with Gasteiger partial charge in [0.05, 0.1) is 12.3 Å². The molecule has 2 heterocycles. The first-order chi connectivity index (χ1) is 15.2. The zero-order chi connectivity index (χ0) is 23.7. The maximum Gasteiger partial charge on any atom is 0.328 e. The number of halogens is 1. The fraction of sp³-hybridized carbons (Fsp3) is 0.455. The first-order valence-electron chi connectivity index (χ1n) is 10.3. The van der Waals surface area contributed by atoms with Crippen LogP contribution in [0.25, 0.3) is 11.0 Å². The Morgan fingerprint density at radius 3 is 2.44 bits per heavy atom. The van der Waals surface area contributed by atoms with Gasteiger partial charge in [-0.2, -0.15) is 0 Å². The van der Waals surface area contributed by atoms with Crippen molar-refractivity contribution in [3.63, 3.8) is 0 Å². The Kier molecular flexibility index (Phi) is 9.33. The molecule has 1 aromatic carbocycles. The van der Waals surface area contributed by atoms with Gasteiger partial charge in [0, 0.05) is 29.5 Å². The van der Waals surface area contributed by atoms with Crippen molar-refractivity contribution >= 4 is 28.9 Å². The van der Waals surface area contributed by atoms with E-state index in [9.17, 15) is 18.8 Å². The Hall–Kier alpha value is -3.27. The second kappa shape index (κ2) is 11.9. The number of hydrogen-bond donors (Lipinski definition) is 2. The smallest absolute Gasteiger partial charge is 0.328 e. The first kappa shape index (κ1) is 25.0. The molecule has 3 rings (SSSR count). The van der Waals surface area contributed by atoms with Crippen LogP contribution in [0.1, 0.15) is 44.7 Å². The van der Waals surface area contributed by atoms with Crippen LogP contribution in [0.5, 0.6) is 0 Å². The van der Waals surface area contributed by atoms with Gasteiger partial charge in [-0.1, -0.05) is 12.1 Å². The number of hydrogen-bond acceptors (Lipinski definition) is 7. The summed E-state index contributed by atoms with van der Waals surface area (Å²) in [4.78, 5) is 33.2. The van der Waals surface area contributed by atoms with E-state index >= 15 is 0 Å². The SMILES string of the molecule is CCCOC(=O)C(C)N1CCC(c2noc3cc(F)ccc23)CC1.O=C(O)/C=C/C(=O)O. The number of carbonyl (C=O) groups excluding carboxylic acids is 1. The molecule has 1 fully saturated rings. The van der Waals surface area contributed by atoms with Crippen LogP contribution in [-0.2, 0) is 19.1 Å². The first-order valence-corrected chi connectivity index (χ1v) is 10.3. The molecule has 0 bridgehead atoms. The summed E-state index contributed by atoms with van der Waals surface area (Å²) >= 11 is 0. The number of carbonyl (C=O) groups is 3. The highest BCUT2D eigenvalue weighted by Gasteiger charge is 2.30. The molecule has 0 spiro atoms. The molecule has 0 amide bonds. The fourth-order valence-corrected chi connectivity index (χ4v) is 3.40. The molecule has 0 saturated carbocycles. The van der Waals surface area contributed by atoms with Gasteiger partial charge < -0.3 is 19.5 Å². The van der Waals surface area contributed by atoms with Gasteiger partial charge in [-0.05, 0) is 51.4 Å². The highest BCUT2D eigenvalue weighted by atomic mass is 19.1. The molecule has 1 aliphatic rings. The fourth-order valence-electron chi connectivity index (χ4n) is 3.40. The number of likely N-dealkylation sites (tertiary alicyclic amines) is 1. The van der Waals surface area contributed by atoms with Crippen molar-refractivity contribution in [1.82, 2.24) is 10.1 Å². The Morgan fingerprint density at radius 2 is 1.88 bits per heavy atom. The number of carboxylic acid groups (broad SMARTS) is 2. The highest BCUT2D eigenvalue weighted by Crippen LogP contribution is 2.33. The molecule has 1 aromatic heterocycles. The molecule has 0 radical (unpaired) electrons. The number of nitrogens with zero attached hydrogens (tertiary/aromatic N) is 2. The minimum atomic E-state index is -1.26. The minimum absolute atomic E-state index is 0.155. The van der Waals surface area contributed by atoms with Gasteiger partial charge in [0.2, 0.25) is 0 Å². The maximum absolute atomic E-state index is 13.3. The highest BCUT2D eigenvalue weighted by molar-refractivity contribution is 5.89. The third-order valence-corrected chi connectivity index (χ3v) is 5.08. The quantitative estimate of drug-likeness (QED) is 0.482. The second-order valence-corrected chi connectivity index (χ2v) is 7.37. The van der Waals surface area contributed by atoms with Crippen molar-refractivity contribution < 1.29 is 38.2 Å². The van der Waals surface area contributed by atoms with Gasteiger partial charge in [-0.25, -0.2) is 14.0 Å². The third kappa shape index (κ3) is 7.16. The molecule has 1 saturated heterocycles. The van der Waals surface area contributed by atoms with Gasteiger partial charge >= 0.3 is 17.9 Å². The lowest BCUT2D eigenvalue weighted by Gasteiger charge is -2.34. The van der Waals surface area contributed by atoms with Crippen molar-refractivity contribution in [1.29, 1.82) is 0 Å². The molecule has 0 aliphatic carbocycles. The number of benzene rings is 1. The lowest BCUT2D eigenvalue weighted by atomic mass is 9.91. The topological polar surface area (TPSA) is 130 Å². The van der Waals surface area contributed by atoms with E-state index in [1.165, 1.54) is 12.1 Å². The van der Waals surface area contributed by atoms with E-state index in [1.807, 2.05) is 13.8 Å². The van der Waals surface area contributed by atoms with Crippen LogP contribution in [0.2, 0.25) is 0 Å². The van der Waals surface area contributed by atoms with E-state index in [1.54, 1.807) is 6.07 Å². The normalized spacial score (nSPS) is 15.8. The summed E-state index contributed by atoms with van der Waals surface area (Å²) in [6.07, 6.45) is 3.74. The van der Waals surface area contributed by atoms with E-state index in [0.717, 1.165) is 43.4 Å². The Bertz CT molecular complexity index is 948. The van der Waals surface area contributed by atoms with Crippen molar-refractivity contribution in [3.05, 3.63) is 41.9 Å². The zero-order valence-corrected chi connectivity index (χ0v) is 18.0. The molecule has 1 unspecified atom stereocenters. The molecular formula is C22H27FN2O7. The van der Waals surface area contributed by atoms with Gasteiger partial charge in [0.15, 0.2) is 5.58 Å². The van der Waals surface area contributed by atoms with E-state index in [2.05, 4.69) is 10.1 Å². The van der Waals surface area contributed by atoms with Crippen LogP contribution in [-0.4, -0.2) is 63.9 Å². The summed E-state index contributed by atoms with van der Waals surface area (Å²) in [5.41, 5.74) is 1.38. The largest absolute Gasteiger partial charge is 0.478 e. The van der Waals surface area contributed by atoms with Gasteiger partial charge in [0.25, 0.3) is 0 Å². The Labute approximate surface area is 184 Å². The van der Waals surface area contributed by atoms with Crippen LogP contribution in [0, 0.1) is 5.82 Å². The Morgan fingerprint density at radius 1 is 1.25 bits per heavy atom. The lowest BCUT2D eigenvalue weighted by molar-refractivity contribution is -0.150. The predicted molar refractivity (Wildman–Crippen MR) is 113 cm³/mol. The number of rotatable bonds is 7. The molecule has 32 heavy (non-hydrogen) atoms. The standard InChI is InChI=1S/C18H23FN2O3.C4H4O4/c1-3-10-23-18(22)12(2)21-8-6-13(7-9-21)17-15-5-4-14(19)11-16(15)24-20-17;5-3(6)1-2-4(7)8/h4-5,11-13H,3,6-10H2,1-2H3;1-2H,(H,5,6)(H,7,8)/b;2-1+. The zero-order valence-electron chi connectivity index (χ0n) is 18.0. The van der Waals surface area contributed by atoms with E-state index < -0.39 is 11.9 Å². The van der Waals surface area contributed by atoms with Crippen LogP contribution >= 0.6 is 0 Å². The minimum Gasteiger partial charge on any atom is -0.478 e. The lowest BCUT2D eigenvalue weighted by Crippen LogP contribution is -2.44.